The molecule has 4 aliphatic heterocycles. The van der Waals surface area contributed by atoms with Crippen LogP contribution in [0.4, 0.5) is 70.0 Å². The summed E-state index contributed by atoms with van der Waals surface area (Å²) in [4.78, 5) is 12.0. The number of rotatable bonds is 9. The molecule has 0 radical (unpaired) electrons. The van der Waals surface area contributed by atoms with Crippen molar-refractivity contribution < 1.29 is 13.2 Å². The number of para-hydroxylation sites is 4. The Morgan fingerprint density at radius 2 is 0.912 bits per heavy atom. The molecule has 12 rings (SSSR count). The zero-order valence-electron chi connectivity index (χ0n) is 37.8. The molecule has 2 saturated heterocycles. The molecular formula is C59H51F3N6. The van der Waals surface area contributed by atoms with E-state index >= 15 is 8.78 Å². The molecule has 1 N–H and O–H groups in total. The molecule has 0 amide bonds. The highest BCUT2D eigenvalue weighted by Gasteiger charge is 2.44. The van der Waals surface area contributed by atoms with E-state index in [1.807, 2.05) is 36.4 Å². The van der Waals surface area contributed by atoms with Gasteiger partial charge >= 0.3 is 0 Å². The van der Waals surface area contributed by atoms with Gasteiger partial charge < -0.3 is 29.8 Å². The second-order valence-corrected chi connectivity index (χ2v) is 18.6. The van der Waals surface area contributed by atoms with E-state index in [0.29, 0.717) is 11.1 Å². The van der Waals surface area contributed by atoms with Crippen molar-refractivity contribution in [1.29, 1.82) is 0 Å². The van der Waals surface area contributed by atoms with Crippen LogP contribution in [-0.4, -0.2) is 50.2 Å². The molecule has 68 heavy (non-hydrogen) atoms. The number of benzene rings is 8. The first-order valence-electron chi connectivity index (χ1n) is 23.7. The lowest BCUT2D eigenvalue weighted by atomic mass is 9.89. The molecule has 0 saturated carbocycles. The maximum absolute atomic E-state index is 15.2. The number of hydrogen-bond donors (Lipinski definition) is 1. The summed E-state index contributed by atoms with van der Waals surface area (Å²) < 4.78 is 45.1. The minimum Gasteiger partial charge on any atom is -0.337 e. The van der Waals surface area contributed by atoms with Crippen LogP contribution >= 0.6 is 0 Å². The van der Waals surface area contributed by atoms with E-state index in [4.69, 9.17) is 0 Å². The fraction of sp³-hybridized carbons (Fsp3) is 0.186. The molecular weight excluding hydrogens is 850 g/mol. The van der Waals surface area contributed by atoms with Crippen LogP contribution in [0.15, 0.2) is 188 Å². The standard InChI is InChI=1S/C59H51F3N6/c1-64-29-27-58-52(38-64)50-36-46(66(43-18-10-4-11-19-43)44-20-12-5-13-21-44)23-25-56(50)68(58)48-31-39(40-32-53(60)59(62)54(61)33-40)30-47(34-48)67-55-24-22-45(35-49(55)51-37-63-28-26-57(51)67)65(41-14-6-2-7-15-41)42-16-8-3-9-17-42/h2-25,30-36,51-52,57-58,63H,26-29,37-38H2,1H3. The number of likely N-dealkylation sites (N-methyl/N-ethyl adjacent to an activating group) is 1. The van der Waals surface area contributed by atoms with Gasteiger partial charge in [0.15, 0.2) is 17.5 Å². The lowest BCUT2D eigenvalue weighted by Gasteiger charge is -2.38. The molecule has 9 heteroatoms. The fourth-order valence-corrected chi connectivity index (χ4v) is 11.6. The minimum atomic E-state index is -1.47. The Morgan fingerprint density at radius 3 is 1.40 bits per heavy atom. The SMILES string of the molecule is CN1CCC2C(C1)c1cc(N(c3ccccc3)c3ccccc3)ccc1N2c1cc(-c2cc(F)c(F)c(F)c2)cc(N2c3ccc(N(c4ccccc4)c4ccccc4)cc3C3CNCCC32)c1. The summed E-state index contributed by atoms with van der Waals surface area (Å²) in [6, 6.07) is 64.4. The zero-order chi connectivity index (χ0) is 45.9. The van der Waals surface area contributed by atoms with Crippen LogP contribution in [0.1, 0.15) is 35.8 Å². The van der Waals surface area contributed by atoms with Crippen LogP contribution in [0.25, 0.3) is 11.1 Å². The van der Waals surface area contributed by atoms with Crippen LogP contribution < -0.4 is 24.9 Å². The summed E-state index contributed by atoms with van der Waals surface area (Å²) in [5, 5.41) is 3.70. The molecule has 2 fully saturated rings. The van der Waals surface area contributed by atoms with Crippen molar-refractivity contribution in [1.82, 2.24) is 10.2 Å². The lowest BCUT2D eigenvalue weighted by molar-refractivity contribution is 0.236. The Morgan fingerprint density at radius 1 is 0.471 bits per heavy atom. The van der Waals surface area contributed by atoms with Crippen LogP contribution in [0, 0.1) is 17.5 Å². The van der Waals surface area contributed by atoms with Crippen LogP contribution in [0.5, 0.6) is 0 Å². The Bertz CT molecular complexity index is 3010. The summed E-state index contributed by atoms with van der Waals surface area (Å²) in [6.45, 7) is 3.50. The zero-order valence-corrected chi connectivity index (χ0v) is 37.8. The third-order valence-electron chi connectivity index (χ3n) is 14.6. The van der Waals surface area contributed by atoms with Crippen LogP contribution in [0.2, 0.25) is 0 Å². The average Bonchev–Trinajstić information content (AvgIpc) is 3.88. The average molecular weight is 901 g/mol. The highest BCUT2D eigenvalue weighted by atomic mass is 19.2. The van der Waals surface area contributed by atoms with E-state index in [9.17, 15) is 4.39 Å². The molecule has 4 unspecified atom stereocenters. The van der Waals surface area contributed by atoms with E-state index in [1.54, 1.807) is 0 Å². The molecule has 4 heterocycles. The van der Waals surface area contributed by atoms with Gasteiger partial charge in [-0.25, -0.2) is 13.2 Å². The number of nitrogens with zero attached hydrogens (tertiary/aromatic N) is 5. The minimum absolute atomic E-state index is 0.125. The highest BCUT2D eigenvalue weighted by molar-refractivity contribution is 5.88. The van der Waals surface area contributed by atoms with Gasteiger partial charge in [0, 0.05) is 93.9 Å². The van der Waals surface area contributed by atoms with Gasteiger partial charge in [-0.15, -0.1) is 0 Å². The van der Waals surface area contributed by atoms with Gasteiger partial charge in [-0.05, 0) is 170 Å². The topological polar surface area (TPSA) is 28.2 Å². The van der Waals surface area contributed by atoms with Crippen LogP contribution in [-0.2, 0) is 0 Å². The number of anilines is 10. The van der Waals surface area contributed by atoms with Crippen molar-refractivity contribution in [2.24, 2.45) is 0 Å². The first kappa shape index (κ1) is 42.1. The molecule has 4 aliphatic rings. The van der Waals surface area contributed by atoms with E-state index < -0.39 is 17.5 Å². The van der Waals surface area contributed by atoms with Crippen molar-refractivity contribution in [3.05, 3.63) is 217 Å². The number of fused-ring (bicyclic) bond motifs is 6. The first-order valence-corrected chi connectivity index (χ1v) is 23.7. The molecule has 8 aromatic rings. The summed E-state index contributed by atoms with van der Waals surface area (Å²) in [5.41, 5.74) is 14.0. The summed E-state index contributed by atoms with van der Waals surface area (Å²) in [6.07, 6.45) is 1.83. The molecule has 0 aliphatic carbocycles. The normalized spacial score (nSPS) is 19.5. The summed E-state index contributed by atoms with van der Waals surface area (Å²) in [5.74, 6) is -3.50. The van der Waals surface area contributed by atoms with Crippen molar-refractivity contribution in [2.75, 3.05) is 52.8 Å². The molecule has 0 aromatic heterocycles. The van der Waals surface area contributed by atoms with Gasteiger partial charge in [-0.2, -0.15) is 0 Å². The Labute approximate surface area is 396 Å². The predicted molar refractivity (Wildman–Crippen MR) is 271 cm³/mol. The third kappa shape index (κ3) is 7.37. The number of halogens is 3. The van der Waals surface area contributed by atoms with Crippen molar-refractivity contribution in [3.63, 3.8) is 0 Å². The van der Waals surface area contributed by atoms with Gasteiger partial charge in [-0.1, -0.05) is 72.8 Å². The molecule has 4 atom stereocenters. The van der Waals surface area contributed by atoms with Gasteiger partial charge in [0.2, 0.25) is 0 Å². The summed E-state index contributed by atoms with van der Waals surface area (Å²) in [7, 11) is 2.20. The van der Waals surface area contributed by atoms with Crippen molar-refractivity contribution in [2.45, 2.75) is 36.8 Å². The van der Waals surface area contributed by atoms with Crippen molar-refractivity contribution in [3.8, 4) is 11.1 Å². The van der Waals surface area contributed by atoms with Gasteiger partial charge in [0.1, 0.15) is 0 Å². The molecule has 0 bridgehead atoms. The van der Waals surface area contributed by atoms with Gasteiger partial charge in [0.05, 0.1) is 0 Å². The first-order chi connectivity index (χ1) is 33.4. The number of likely N-dealkylation sites (tertiary alicyclic amines) is 1. The van der Waals surface area contributed by atoms with Crippen molar-refractivity contribution >= 4 is 56.9 Å². The van der Waals surface area contributed by atoms with E-state index in [2.05, 4.69) is 176 Å². The Balaban J connectivity index is 1.02. The van der Waals surface area contributed by atoms with E-state index in [0.717, 1.165) is 108 Å². The molecule has 0 spiro atoms. The number of nitrogens with one attached hydrogen (secondary N) is 1. The third-order valence-corrected chi connectivity index (χ3v) is 14.6. The molecule has 338 valence electrons. The molecule has 6 nitrogen and oxygen atoms in total. The maximum Gasteiger partial charge on any atom is 0.194 e. The number of hydrogen-bond acceptors (Lipinski definition) is 6. The lowest BCUT2D eigenvalue weighted by Crippen LogP contribution is -2.43. The second-order valence-electron chi connectivity index (χ2n) is 18.6. The highest BCUT2D eigenvalue weighted by Crippen LogP contribution is 2.54. The van der Waals surface area contributed by atoms with Gasteiger partial charge in [-0.3, -0.25) is 0 Å². The second kappa shape index (κ2) is 17.4. The van der Waals surface area contributed by atoms with E-state index in [-0.39, 0.29) is 23.9 Å². The summed E-state index contributed by atoms with van der Waals surface area (Å²) >= 11 is 0. The van der Waals surface area contributed by atoms with Gasteiger partial charge in [0.25, 0.3) is 0 Å². The maximum atomic E-state index is 15.2. The number of piperidine rings is 2. The Hall–Kier alpha value is -7.33. The Kier molecular flexibility index (Phi) is 10.8. The smallest absolute Gasteiger partial charge is 0.194 e. The van der Waals surface area contributed by atoms with E-state index in [1.165, 1.54) is 11.1 Å². The predicted octanol–water partition coefficient (Wildman–Crippen LogP) is 14.2. The molecule has 8 aromatic carbocycles. The van der Waals surface area contributed by atoms with Crippen LogP contribution in [0.3, 0.4) is 0 Å². The largest absolute Gasteiger partial charge is 0.337 e. The fourth-order valence-electron chi connectivity index (χ4n) is 11.6. The monoisotopic (exact) mass is 900 g/mol. The quantitative estimate of drug-likeness (QED) is 0.145.